The molecule has 1 aromatic carbocycles. The van der Waals surface area contributed by atoms with Crippen molar-refractivity contribution >= 4 is 17.4 Å². The van der Waals surface area contributed by atoms with E-state index in [1.54, 1.807) is 22.6 Å². The van der Waals surface area contributed by atoms with Gasteiger partial charge in [0.25, 0.3) is 0 Å². The van der Waals surface area contributed by atoms with E-state index in [1.807, 2.05) is 25.5 Å². The van der Waals surface area contributed by atoms with Gasteiger partial charge in [-0.25, -0.2) is 14.5 Å². The lowest BCUT2D eigenvalue weighted by Crippen LogP contribution is -2.50. The van der Waals surface area contributed by atoms with Gasteiger partial charge >= 0.3 is 6.09 Å². The largest absolute Gasteiger partial charge is 0.493 e. The van der Waals surface area contributed by atoms with Gasteiger partial charge in [-0.15, -0.1) is 11.3 Å². The molecule has 4 heterocycles. The van der Waals surface area contributed by atoms with E-state index in [9.17, 15) is 4.79 Å². The monoisotopic (exact) mass is 466 g/mol. The molecule has 174 valence electrons. The maximum Gasteiger partial charge on any atom is 0.410 e. The van der Waals surface area contributed by atoms with E-state index in [4.69, 9.17) is 9.47 Å². The van der Waals surface area contributed by atoms with Crippen LogP contribution >= 0.6 is 11.3 Å². The van der Waals surface area contributed by atoms with E-state index in [1.165, 1.54) is 16.0 Å². The molecule has 3 aromatic rings. The molecule has 1 saturated heterocycles. The third-order valence-corrected chi connectivity index (χ3v) is 7.18. The Hall–Kier alpha value is -2.87. The van der Waals surface area contributed by atoms with Gasteiger partial charge in [0.2, 0.25) is 0 Å². The molecule has 33 heavy (non-hydrogen) atoms. The zero-order valence-electron chi connectivity index (χ0n) is 19.8. The van der Waals surface area contributed by atoms with Crippen LogP contribution in [0.15, 0.2) is 30.6 Å². The number of likely N-dealkylation sites (tertiary alicyclic amines) is 1. The predicted octanol–water partition coefficient (Wildman–Crippen LogP) is 5.52. The summed E-state index contributed by atoms with van der Waals surface area (Å²) in [5, 5.41) is 4.40. The number of hydrogen-bond donors (Lipinski definition) is 0. The van der Waals surface area contributed by atoms with Crippen LogP contribution in [0.4, 0.5) is 4.79 Å². The number of carbonyl (C=O) groups excluding carboxylic acids is 1. The van der Waals surface area contributed by atoms with Gasteiger partial charge in [0, 0.05) is 41.9 Å². The second-order valence-corrected chi connectivity index (χ2v) is 11.1. The van der Waals surface area contributed by atoms with Crippen molar-refractivity contribution in [2.75, 3.05) is 19.7 Å². The van der Waals surface area contributed by atoms with Gasteiger partial charge in [-0.05, 0) is 63.9 Å². The highest BCUT2D eigenvalue weighted by atomic mass is 32.1. The molecule has 8 heteroatoms. The molecule has 7 nitrogen and oxygen atoms in total. The van der Waals surface area contributed by atoms with Crippen molar-refractivity contribution in [3.05, 3.63) is 41.7 Å². The standard InChI is InChI=1S/C25H30N4O3S/c1-15(2)29-23(26-14-27-29)21-11-17-8-9-31-20-10-16(6-7-19(20)22(17)33-21)18-12-28(13-18)24(30)32-25(3,4)5/h6-7,10-11,14-15,18H,8-9,12-13H2,1-5H3. The summed E-state index contributed by atoms with van der Waals surface area (Å²) in [6, 6.07) is 8.98. The van der Waals surface area contributed by atoms with Crippen molar-refractivity contribution in [2.24, 2.45) is 0 Å². The molecule has 0 aliphatic carbocycles. The van der Waals surface area contributed by atoms with Crippen LogP contribution in [0.2, 0.25) is 0 Å². The van der Waals surface area contributed by atoms with Crippen molar-refractivity contribution in [1.29, 1.82) is 0 Å². The van der Waals surface area contributed by atoms with Crippen LogP contribution in [0.3, 0.4) is 0 Å². The number of thiophene rings is 1. The van der Waals surface area contributed by atoms with E-state index in [-0.39, 0.29) is 12.1 Å². The summed E-state index contributed by atoms with van der Waals surface area (Å²) in [6.45, 7) is 11.9. The van der Waals surface area contributed by atoms with Crippen molar-refractivity contribution in [1.82, 2.24) is 19.7 Å². The zero-order chi connectivity index (χ0) is 23.3. The molecule has 2 aliphatic heterocycles. The second kappa shape index (κ2) is 8.17. The van der Waals surface area contributed by atoms with Crippen molar-refractivity contribution in [3.63, 3.8) is 0 Å². The lowest BCUT2D eigenvalue weighted by molar-refractivity contribution is 0.00819. The molecule has 0 radical (unpaired) electrons. The average molecular weight is 467 g/mol. The Kier molecular flexibility index (Phi) is 5.43. The number of fused-ring (bicyclic) bond motifs is 3. The molecule has 0 bridgehead atoms. The Balaban J connectivity index is 1.37. The van der Waals surface area contributed by atoms with E-state index in [0.717, 1.165) is 28.4 Å². The number of ether oxygens (including phenoxy) is 2. The van der Waals surface area contributed by atoms with E-state index >= 15 is 0 Å². The van der Waals surface area contributed by atoms with Gasteiger partial charge in [-0.2, -0.15) is 5.10 Å². The topological polar surface area (TPSA) is 69.5 Å². The molecule has 0 saturated carbocycles. The number of hydrogen-bond acceptors (Lipinski definition) is 6. The Morgan fingerprint density at radius 3 is 2.76 bits per heavy atom. The zero-order valence-corrected chi connectivity index (χ0v) is 20.6. The molecule has 2 aromatic heterocycles. The third kappa shape index (κ3) is 4.24. The van der Waals surface area contributed by atoms with Crippen LogP contribution < -0.4 is 4.74 Å². The first-order chi connectivity index (χ1) is 15.7. The Morgan fingerprint density at radius 2 is 2.03 bits per heavy atom. The molecule has 1 fully saturated rings. The molecule has 0 atom stereocenters. The Labute approximate surface area is 198 Å². The van der Waals surface area contributed by atoms with E-state index < -0.39 is 5.60 Å². The molecule has 5 rings (SSSR count). The van der Waals surface area contributed by atoms with Gasteiger partial charge < -0.3 is 14.4 Å². The predicted molar refractivity (Wildman–Crippen MR) is 129 cm³/mol. The van der Waals surface area contributed by atoms with Crippen molar-refractivity contribution in [3.8, 4) is 26.9 Å². The summed E-state index contributed by atoms with van der Waals surface area (Å²) < 4.78 is 13.6. The quantitative estimate of drug-likeness (QED) is 0.508. The lowest BCUT2D eigenvalue weighted by atomic mass is 9.90. The van der Waals surface area contributed by atoms with Crippen LogP contribution in [0.25, 0.3) is 21.1 Å². The molecule has 1 amide bonds. The number of rotatable bonds is 3. The summed E-state index contributed by atoms with van der Waals surface area (Å²) in [7, 11) is 0. The maximum atomic E-state index is 12.3. The Morgan fingerprint density at radius 1 is 1.24 bits per heavy atom. The smallest absolute Gasteiger partial charge is 0.410 e. The number of aromatic nitrogens is 3. The summed E-state index contributed by atoms with van der Waals surface area (Å²) >= 11 is 1.75. The maximum absolute atomic E-state index is 12.3. The molecular formula is C25H30N4O3S. The van der Waals surface area contributed by atoms with Crippen molar-refractivity contribution in [2.45, 2.75) is 58.6 Å². The molecule has 0 N–H and O–H groups in total. The van der Waals surface area contributed by atoms with Crippen molar-refractivity contribution < 1.29 is 14.3 Å². The molecule has 2 aliphatic rings. The fraction of sp³-hybridized carbons (Fsp3) is 0.480. The minimum absolute atomic E-state index is 0.241. The highest BCUT2D eigenvalue weighted by molar-refractivity contribution is 7.19. The second-order valence-electron chi connectivity index (χ2n) is 10.0. The summed E-state index contributed by atoms with van der Waals surface area (Å²) in [5.41, 5.74) is 3.15. The third-order valence-electron chi connectivity index (χ3n) is 5.98. The first-order valence-electron chi connectivity index (χ1n) is 11.5. The van der Waals surface area contributed by atoms with E-state index in [2.05, 4.69) is 48.2 Å². The minimum Gasteiger partial charge on any atom is -0.493 e. The number of nitrogens with zero attached hydrogens (tertiary/aromatic N) is 4. The number of amides is 1. The summed E-state index contributed by atoms with van der Waals surface area (Å²) in [6.07, 6.45) is 2.25. The fourth-order valence-corrected chi connectivity index (χ4v) is 5.52. The van der Waals surface area contributed by atoms with Crippen LogP contribution in [0.1, 0.15) is 57.7 Å². The molecule has 0 unspecified atom stereocenters. The van der Waals surface area contributed by atoms with Crippen LogP contribution in [0.5, 0.6) is 5.75 Å². The SMILES string of the molecule is CC(C)n1ncnc1-c1cc2c(s1)-c1ccc(C3CN(C(=O)OC(C)(C)C)C3)cc1OCC2. The lowest BCUT2D eigenvalue weighted by Gasteiger charge is -2.40. The van der Waals surface area contributed by atoms with Crippen LogP contribution in [-0.4, -0.2) is 51.1 Å². The highest BCUT2D eigenvalue weighted by Crippen LogP contribution is 2.45. The van der Waals surface area contributed by atoms with Crippen LogP contribution in [-0.2, 0) is 11.2 Å². The van der Waals surface area contributed by atoms with Gasteiger partial charge in [0.05, 0.1) is 11.5 Å². The fourth-order valence-electron chi connectivity index (χ4n) is 4.29. The highest BCUT2D eigenvalue weighted by Gasteiger charge is 2.35. The Bertz CT molecular complexity index is 1180. The minimum atomic E-state index is -0.472. The summed E-state index contributed by atoms with van der Waals surface area (Å²) in [5.74, 6) is 2.14. The number of carbonyl (C=O) groups is 1. The van der Waals surface area contributed by atoms with Gasteiger partial charge in [0.1, 0.15) is 17.7 Å². The van der Waals surface area contributed by atoms with Gasteiger partial charge in [-0.3, -0.25) is 0 Å². The summed E-state index contributed by atoms with van der Waals surface area (Å²) in [4.78, 5) is 20.9. The van der Waals surface area contributed by atoms with Crippen LogP contribution in [0, 0.1) is 0 Å². The average Bonchev–Trinajstić information content (AvgIpc) is 3.30. The van der Waals surface area contributed by atoms with Gasteiger partial charge in [0.15, 0.2) is 5.82 Å². The number of benzene rings is 1. The van der Waals surface area contributed by atoms with E-state index in [0.29, 0.717) is 25.6 Å². The first-order valence-corrected chi connectivity index (χ1v) is 12.3. The first kappa shape index (κ1) is 21.9. The molecule has 0 spiro atoms. The molecular weight excluding hydrogens is 436 g/mol. The van der Waals surface area contributed by atoms with Gasteiger partial charge in [-0.1, -0.05) is 6.07 Å². The normalized spacial score (nSPS) is 16.0.